The van der Waals surface area contributed by atoms with Crippen molar-refractivity contribution in [1.82, 2.24) is 15.2 Å². The van der Waals surface area contributed by atoms with E-state index in [1.807, 2.05) is 0 Å². The van der Waals surface area contributed by atoms with Gasteiger partial charge in [0.15, 0.2) is 0 Å². The number of nitrogen functional groups attached to an aromatic ring is 1. The van der Waals surface area contributed by atoms with E-state index >= 15 is 0 Å². The highest BCUT2D eigenvalue weighted by molar-refractivity contribution is 6.10. The van der Waals surface area contributed by atoms with Crippen LogP contribution in [0.4, 0.5) is 16.3 Å². The lowest BCUT2D eigenvalue weighted by Crippen LogP contribution is -2.49. The number of nitrogens with one attached hydrogen (secondary N) is 2. The van der Waals surface area contributed by atoms with Crippen molar-refractivity contribution in [3.05, 3.63) is 18.3 Å². The van der Waals surface area contributed by atoms with E-state index in [1.54, 1.807) is 12.1 Å². The van der Waals surface area contributed by atoms with E-state index in [0.717, 1.165) is 24.2 Å². The first kappa shape index (κ1) is 17.2. The van der Waals surface area contributed by atoms with Crippen molar-refractivity contribution in [3.8, 4) is 0 Å². The average Bonchev–Trinajstić information content (AvgIpc) is 2.82. The second kappa shape index (κ2) is 6.70. The number of hydrogen-bond acceptors (Lipinski definition) is 5. The first-order valence-electron chi connectivity index (χ1n) is 8.59. The monoisotopic (exact) mass is 345 g/mol. The van der Waals surface area contributed by atoms with Crippen molar-refractivity contribution in [3.63, 3.8) is 0 Å². The Labute approximate surface area is 146 Å². The van der Waals surface area contributed by atoms with Gasteiger partial charge in [-0.2, -0.15) is 0 Å². The fraction of sp³-hybridized carbons (Fsp3) is 0.529. The number of nitrogens with two attached hydrogens (primary N) is 1. The Balaban J connectivity index is 1.63. The molecular weight excluding hydrogens is 322 g/mol. The maximum Gasteiger partial charge on any atom is 0.325 e. The second-order valence-electron chi connectivity index (χ2n) is 6.78. The number of rotatable bonds is 4. The number of aromatic nitrogens is 1. The van der Waals surface area contributed by atoms with Gasteiger partial charge >= 0.3 is 6.03 Å². The molecule has 2 aliphatic rings. The normalized spacial score (nSPS) is 26.0. The Kier molecular flexibility index (Phi) is 4.61. The molecule has 0 radical (unpaired) electrons. The molecule has 0 atom stereocenters. The van der Waals surface area contributed by atoms with Gasteiger partial charge < -0.3 is 16.4 Å². The molecule has 2 fully saturated rings. The van der Waals surface area contributed by atoms with Crippen molar-refractivity contribution >= 4 is 29.4 Å². The van der Waals surface area contributed by atoms with Crippen LogP contribution in [0.5, 0.6) is 0 Å². The van der Waals surface area contributed by atoms with Gasteiger partial charge in [-0.1, -0.05) is 13.3 Å². The van der Waals surface area contributed by atoms with E-state index in [-0.39, 0.29) is 12.5 Å². The lowest BCUT2D eigenvalue weighted by atomic mass is 9.75. The SMILES string of the molecule is CCC1CCC2(CC1)NC(=O)N(CC(=O)Nc1ccc(N)nc1)C2=O. The van der Waals surface area contributed by atoms with Crippen LogP contribution in [0.15, 0.2) is 18.3 Å². The molecular formula is C17H23N5O3. The third kappa shape index (κ3) is 3.42. The summed E-state index contributed by atoms with van der Waals surface area (Å²) < 4.78 is 0. The second-order valence-corrected chi connectivity index (χ2v) is 6.78. The van der Waals surface area contributed by atoms with Crippen LogP contribution in [-0.4, -0.2) is 39.8 Å². The van der Waals surface area contributed by atoms with E-state index < -0.39 is 17.5 Å². The highest BCUT2D eigenvalue weighted by atomic mass is 16.2. The molecule has 4 N–H and O–H groups in total. The molecule has 3 rings (SSSR count). The van der Waals surface area contributed by atoms with Crippen molar-refractivity contribution in [2.75, 3.05) is 17.6 Å². The number of nitrogens with zero attached hydrogens (tertiary/aromatic N) is 2. The van der Waals surface area contributed by atoms with Gasteiger partial charge in [-0.05, 0) is 43.7 Å². The summed E-state index contributed by atoms with van der Waals surface area (Å²) in [5.74, 6) is 0.203. The van der Waals surface area contributed by atoms with Crippen LogP contribution in [0.1, 0.15) is 39.0 Å². The Hall–Kier alpha value is -2.64. The summed E-state index contributed by atoms with van der Waals surface area (Å²) in [6.07, 6.45) is 5.61. The molecule has 2 heterocycles. The minimum Gasteiger partial charge on any atom is -0.384 e. The van der Waals surface area contributed by atoms with E-state index in [2.05, 4.69) is 22.5 Å². The van der Waals surface area contributed by atoms with Crippen molar-refractivity contribution in [2.45, 2.75) is 44.6 Å². The topological polar surface area (TPSA) is 117 Å². The highest BCUT2D eigenvalue weighted by Gasteiger charge is 2.52. The molecule has 134 valence electrons. The fourth-order valence-corrected chi connectivity index (χ4v) is 3.56. The Morgan fingerprint density at radius 1 is 1.40 bits per heavy atom. The number of anilines is 2. The summed E-state index contributed by atoms with van der Waals surface area (Å²) >= 11 is 0. The van der Waals surface area contributed by atoms with Gasteiger partial charge in [0, 0.05) is 0 Å². The van der Waals surface area contributed by atoms with Gasteiger partial charge in [-0.25, -0.2) is 9.78 Å². The molecule has 4 amide bonds. The standard InChI is InChI=1S/C17H23N5O3/c1-2-11-5-7-17(8-6-11)15(24)22(16(25)21-17)10-14(23)20-12-3-4-13(18)19-9-12/h3-4,9,11H,2,5-8,10H2,1H3,(H2,18,19)(H,20,23)(H,21,25). The number of carbonyl (C=O) groups excluding carboxylic acids is 3. The number of urea groups is 1. The van der Waals surface area contributed by atoms with Crippen LogP contribution in [0.2, 0.25) is 0 Å². The third-order valence-electron chi connectivity index (χ3n) is 5.15. The molecule has 1 spiro atoms. The Morgan fingerprint density at radius 2 is 2.12 bits per heavy atom. The van der Waals surface area contributed by atoms with Gasteiger partial charge in [-0.3, -0.25) is 14.5 Å². The predicted molar refractivity (Wildman–Crippen MR) is 92.5 cm³/mol. The molecule has 0 unspecified atom stereocenters. The van der Waals surface area contributed by atoms with Gasteiger partial charge in [0.05, 0.1) is 11.9 Å². The van der Waals surface area contributed by atoms with E-state index in [1.165, 1.54) is 6.20 Å². The third-order valence-corrected chi connectivity index (χ3v) is 5.15. The predicted octanol–water partition coefficient (Wildman–Crippen LogP) is 1.49. The van der Waals surface area contributed by atoms with Crippen LogP contribution < -0.4 is 16.4 Å². The van der Waals surface area contributed by atoms with Gasteiger partial charge in [0.2, 0.25) is 5.91 Å². The van der Waals surface area contributed by atoms with E-state index in [0.29, 0.717) is 30.3 Å². The lowest BCUT2D eigenvalue weighted by molar-refractivity contribution is -0.135. The lowest BCUT2D eigenvalue weighted by Gasteiger charge is -2.34. The quantitative estimate of drug-likeness (QED) is 0.715. The summed E-state index contributed by atoms with van der Waals surface area (Å²) in [6, 6.07) is 2.68. The number of amides is 4. The van der Waals surface area contributed by atoms with Crippen LogP contribution in [0.3, 0.4) is 0 Å². The molecule has 1 saturated heterocycles. The van der Waals surface area contributed by atoms with Gasteiger partial charge in [0.25, 0.3) is 5.91 Å². The zero-order valence-electron chi connectivity index (χ0n) is 14.2. The van der Waals surface area contributed by atoms with Crippen molar-refractivity contribution in [1.29, 1.82) is 0 Å². The fourth-order valence-electron chi connectivity index (χ4n) is 3.56. The maximum atomic E-state index is 12.8. The molecule has 1 aromatic heterocycles. The zero-order valence-corrected chi connectivity index (χ0v) is 14.2. The number of hydrogen-bond donors (Lipinski definition) is 3. The van der Waals surface area contributed by atoms with E-state index in [4.69, 9.17) is 5.73 Å². The molecule has 1 aromatic rings. The molecule has 0 bridgehead atoms. The molecule has 8 heteroatoms. The number of pyridine rings is 1. The van der Waals surface area contributed by atoms with Crippen molar-refractivity contribution < 1.29 is 14.4 Å². The summed E-state index contributed by atoms with van der Waals surface area (Å²) in [7, 11) is 0. The zero-order chi connectivity index (χ0) is 18.0. The molecule has 0 aromatic carbocycles. The molecule has 1 aliphatic heterocycles. The minimum absolute atomic E-state index is 0.294. The van der Waals surface area contributed by atoms with Crippen molar-refractivity contribution in [2.24, 2.45) is 5.92 Å². The molecule has 8 nitrogen and oxygen atoms in total. The van der Waals surface area contributed by atoms with Gasteiger partial charge in [0.1, 0.15) is 17.9 Å². The Morgan fingerprint density at radius 3 is 2.72 bits per heavy atom. The first-order valence-corrected chi connectivity index (χ1v) is 8.59. The minimum atomic E-state index is -0.828. The summed E-state index contributed by atoms with van der Waals surface area (Å²) in [5.41, 5.74) is 5.13. The molecule has 1 aliphatic carbocycles. The molecule has 1 saturated carbocycles. The average molecular weight is 345 g/mol. The largest absolute Gasteiger partial charge is 0.384 e. The Bertz CT molecular complexity index is 680. The summed E-state index contributed by atoms with van der Waals surface area (Å²) in [6.45, 7) is 1.83. The first-order chi connectivity index (χ1) is 11.9. The van der Waals surface area contributed by atoms with Crippen LogP contribution in [0, 0.1) is 5.92 Å². The highest BCUT2D eigenvalue weighted by Crippen LogP contribution is 2.37. The maximum absolute atomic E-state index is 12.8. The van der Waals surface area contributed by atoms with Gasteiger partial charge in [-0.15, -0.1) is 0 Å². The van der Waals surface area contributed by atoms with Crippen LogP contribution in [-0.2, 0) is 9.59 Å². The smallest absolute Gasteiger partial charge is 0.325 e. The number of carbonyl (C=O) groups is 3. The summed E-state index contributed by atoms with van der Waals surface area (Å²) in [5, 5.41) is 5.43. The number of imide groups is 1. The van der Waals surface area contributed by atoms with Crippen LogP contribution in [0.25, 0.3) is 0 Å². The van der Waals surface area contributed by atoms with E-state index in [9.17, 15) is 14.4 Å². The molecule has 25 heavy (non-hydrogen) atoms. The van der Waals surface area contributed by atoms with Crippen LogP contribution >= 0.6 is 0 Å². The summed E-state index contributed by atoms with van der Waals surface area (Å²) in [4.78, 5) is 42.0.